The second-order valence-electron chi connectivity index (χ2n) is 4.81. The molecule has 3 unspecified atom stereocenters. The zero-order chi connectivity index (χ0) is 10.6. The number of nitrogens with two attached hydrogens (primary N) is 1. The van der Waals surface area contributed by atoms with Gasteiger partial charge in [0.1, 0.15) is 0 Å². The van der Waals surface area contributed by atoms with Crippen LogP contribution in [-0.2, 0) is 0 Å². The van der Waals surface area contributed by atoms with E-state index in [2.05, 4.69) is 18.9 Å². The van der Waals surface area contributed by atoms with E-state index in [1.807, 2.05) is 0 Å². The van der Waals surface area contributed by atoms with Gasteiger partial charge in [0.25, 0.3) is 0 Å². The van der Waals surface area contributed by atoms with Crippen LogP contribution in [0.15, 0.2) is 0 Å². The molecule has 0 bridgehead atoms. The lowest BCUT2D eigenvalue weighted by atomic mass is 9.86. The number of hydrogen-bond acceptors (Lipinski definition) is 3. The van der Waals surface area contributed by atoms with Gasteiger partial charge >= 0.3 is 0 Å². The molecule has 0 aromatic rings. The van der Waals surface area contributed by atoms with Crippen molar-refractivity contribution in [2.45, 2.75) is 44.7 Å². The predicted molar refractivity (Wildman–Crippen MR) is 59.1 cm³/mol. The second-order valence-corrected chi connectivity index (χ2v) is 4.81. The van der Waals surface area contributed by atoms with E-state index in [1.54, 1.807) is 0 Å². The van der Waals surface area contributed by atoms with Crippen LogP contribution in [0.4, 0.5) is 0 Å². The minimum atomic E-state index is -0.0859. The molecule has 0 aliphatic heterocycles. The highest BCUT2D eigenvalue weighted by atomic mass is 16.3. The van der Waals surface area contributed by atoms with Crippen molar-refractivity contribution in [2.24, 2.45) is 11.7 Å². The van der Waals surface area contributed by atoms with Gasteiger partial charge in [0.15, 0.2) is 0 Å². The molecule has 0 amide bonds. The topological polar surface area (TPSA) is 49.5 Å². The average Bonchev–Trinajstić information content (AvgIpc) is 2.17. The summed E-state index contributed by atoms with van der Waals surface area (Å²) in [5.41, 5.74) is 5.72. The molecule has 1 saturated carbocycles. The van der Waals surface area contributed by atoms with Gasteiger partial charge < -0.3 is 15.7 Å². The molecule has 84 valence electrons. The fourth-order valence-electron chi connectivity index (χ4n) is 2.38. The molecule has 0 aromatic carbocycles. The second kappa shape index (κ2) is 5.69. The number of aliphatic hydroxyl groups is 1. The zero-order valence-corrected chi connectivity index (χ0v) is 9.45. The quantitative estimate of drug-likeness (QED) is 0.706. The van der Waals surface area contributed by atoms with Gasteiger partial charge in [-0.25, -0.2) is 0 Å². The van der Waals surface area contributed by atoms with Gasteiger partial charge in [-0.1, -0.05) is 19.8 Å². The number of rotatable bonds is 4. The van der Waals surface area contributed by atoms with Gasteiger partial charge in [-0.2, -0.15) is 0 Å². The summed E-state index contributed by atoms with van der Waals surface area (Å²) in [4.78, 5) is 2.32. The standard InChI is InChI=1S/C11H24N2O/c1-9-4-3-5-11(6-9)13(2)7-10(12)8-14/h9-11,14H,3-8,12H2,1-2H3. The number of hydrogen-bond donors (Lipinski definition) is 2. The smallest absolute Gasteiger partial charge is 0.0595 e. The SMILES string of the molecule is CC1CCCC(N(C)CC(N)CO)C1. The molecule has 0 spiro atoms. The van der Waals surface area contributed by atoms with Crippen LogP contribution in [0.3, 0.4) is 0 Å². The van der Waals surface area contributed by atoms with Crippen LogP contribution in [0.1, 0.15) is 32.6 Å². The van der Waals surface area contributed by atoms with E-state index in [9.17, 15) is 0 Å². The molecule has 14 heavy (non-hydrogen) atoms. The Bertz CT molecular complexity index is 163. The molecule has 1 fully saturated rings. The summed E-state index contributed by atoms with van der Waals surface area (Å²) in [6.07, 6.45) is 5.29. The molecule has 1 rings (SSSR count). The van der Waals surface area contributed by atoms with Gasteiger partial charge in [0, 0.05) is 18.6 Å². The molecule has 3 nitrogen and oxygen atoms in total. The van der Waals surface area contributed by atoms with E-state index in [4.69, 9.17) is 10.8 Å². The van der Waals surface area contributed by atoms with Crippen molar-refractivity contribution in [1.29, 1.82) is 0 Å². The molecule has 1 aliphatic rings. The van der Waals surface area contributed by atoms with E-state index in [-0.39, 0.29) is 12.6 Å². The highest BCUT2D eigenvalue weighted by Crippen LogP contribution is 2.26. The minimum absolute atomic E-state index is 0.0859. The molecular weight excluding hydrogens is 176 g/mol. The fraction of sp³-hybridized carbons (Fsp3) is 1.00. The van der Waals surface area contributed by atoms with E-state index in [0.29, 0.717) is 6.04 Å². The molecule has 0 radical (unpaired) electrons. The Morgan fingerprint density at radius 1 is 1.50 bits per heavy atom. The molecule has 0 aromatic heterocycles. The first-order valence-corrected chi connectivity index (χ1v) is 5.70. The van der Waals surface area contributed by atoms with Crippen LogP contribution in [0.25, 0.3) is 0 Å². The van der Waals surface area contributed by atoms with Gasteiger partial charge in [0.2, 0.25) is 0 Å². The number of nitrogens with zero attached hydrogens (tertiary/aromatic N) is 1. The lowest BCUT2D eigenvalue weighted by molar-refractivity contribution is 0.140. The first-order chi connectivity index (χ1) is 6.63. The Morgan fingerprint density at radius 2 is 2.21 bits per heavy atom. The van der Waals surface area contributed by atoms with Crippen molar-refractivity contribution in [3.63, 3.8) is 0 Å². The first-order valence-electron chi connectivity index (χ1n) is 5.70. The minimum Gasteiger partial charge on any atom is -0.395 e. The fourth-order valence-corrected chi connectivity index (χ4v) is 2.38. The molecule has 3 N–H and O–H groups in total. The van der Waals surface area contributed by atoms with Crippen LogP contribution < -0.4 is 5.73 Å². The number of likely N-dealkylation sites (N-methyl/N-ethyl adjacent to an activating group) is 1. The van der Waals surface area contributed by atoms with Gasteiger partial charge in [-0.05, 0) is 25.8 Å². The van der Waals surface area contributed by atoms with Crippen molar-refractivity contribution in [1.82, 2.24) is 4.90 Å². The van der Waals surface area contributed by atoms with E-state index >= 15 is 0 Å². The van der Waals surface area contributed by atoms with E-state index < -0.39 is 0 Å². The van der Waals surface area contributed by atoms with Gasteiger partial charge in [-0.3, -0.25) is 0 Å². The van der Waals surface area contributed by atoms with Gasteiger partial charge in [0.05, 0.1) is 6.61 Å². The first kappa shape index (κ1) is 12.0. The summed E-state index contributed by atoms with van der Waals surface area (Å²) in [5.74, 6) is 0.849. The lowest BCUT2D eigenvalue weighted by Gasteiger charge is -2.35. The number of aliphatic hydroxyl groups excluding tert-OH is 1. The monoisotopic (exact) mass is 200 g/mol. The highest BCUT2D eigenvalue weighted by molar-refractivity contribution is 4.79. The summed E-state index contributed by atoms with van der Waals surface area (Å²) in [5, 5.41) is 8.88. The van der Waals surface area contributed by atoms with Crippen molar-refractivity contribution in [2.75, 3.05) is 20.2 Å². The molecule has 0 heterocycles. The summed E-state index contributed by atoms with van der Waals surface area (Å²) >= 11 is 0. The highest BCUT2D eigenvalue weighted by Gasteiger charge is 2.22. The predicted octanol–water partition coefficient (Wildman–Crippen LogP) is 0.817. The Hall–Kier alpha value is -0.120. The Labute approximate surface area is 87.3 Å². The molecule has 1 aliphatic carbocycles. The van der Waals surface area contributed by atoms with Crippen LogP contribution >= 0.6 is 0 Å². The van der Waals surface area contributed by atoms with Crippen molar-refractivity contribution >= 4 is 0 Å². The Balaban J connectivity index is 2.31. The van der Waals surface area contributed by atoms with Crippen molar-refractivity contribution in [3.05, 3.63) is 0 Å². The third-order valence-corrected chi connectivity index (χ3v) is 3.29. The Morgan fingerprint density at radius 3 is 2.79 bits per heavy atom. The maximum absolute atomic E-state index is 8.88. The maximum Gasteiger partial charge on any atom is 0.0595 e. The van der Waals surface area contributed by atoms with E-state index in [0.717, 1.165) is 12.5 Å². The third kappa shape index (κ3) is 3.56. The molecule has 0 saturated heterocycles. The molecule has 3 atom stereocenters. The zero-order valence-electron chi connectivity index (χ0n) is 9.45. The maximum atomic E-state index is 8.88. The molecule has 3 heteroatoms. The summed E-state index contributed by atoms with van der Waals surface area (Å²) in [6.45, 7) is 3.23. The summed E-state index contributed by atoms with van der Waals surface area (Å²) in [6, 6.07) is 0.591. The third-order valence-electron chi connectivity index (χ3n) is 3.29. The average molecular weight is 200 g/mol. The Kier molecular flexibility index (Phi) is 4.85. The summed E-state index contributed by atoms with van der Waals surface area (Å²) in [7, 11) is 2.12. The normalized spacial score (nSPS) is 30.6. The van der Waals surface area contributed by atoms with Crippen LogP contribution in [0.2, 0.25) is 0 Å². The summed E-state index contributed by atoms with van der Waals surface area (Å²) < 4.78 is 0. The van der Waals surface area contributed by atoms with E-state index in [1.165, 1.54) is 25.7 Å². The van der Waals surface area contributed by atoms with Gasteiger partial charge in [-0.15, -0.1) is 0 Å². The lowest BCUT2D eigenvalue weighted by Crippen LogP contribution is -2.44. The van der Waals surface area contributed by atoms with Crippen LogP contribution in [0.5, 0.6) is 0 Å². The molecular formula is C11H24N2O. The van der Waals surface area contributed by atoms with Crippen LogP contribution in [0, 0.1) is 5.92 Å². The van der Waals surface area contributed by atoms with Crippen molar-refractivity contribution in [3.8, 4) is 0 Å². The van der Waals surface area contributed by atoms with Crippen LogP contribution in [-0.4, -0.2) is 42.3 Å². The van der Waals surface area contributed by atoms with Crippen molar-refractivity contribution < 1.29 is 5.11 Å². The largest absolute Gasteiger partial charge is 0.395 e.